The van der Waals surface area contributed by atoms with Crippen LogP contribution in [0.1, 0.15) is 19.0 Å². The lowest BCUT2D eigenvalue weighted by Gasteiger charge is -2.02. The van der Waals surface area contributed by atoms with Gasteiger partial charge in [-0.1, -0.05) is 6.92 Å². The lowest BCUT2D eigenvalue weighted by Crippen LogP contribution is -2.08. The van der Waals surface area contributed by atoms with Gasteiger partial charge in [0.2, 0.25) is 0 Å². The third kappa shape index (κ3) is 3.97. The van der Waals surface area contributed by atoms with E-state index >= 15 is 0 Å². The normalized spacial score (nSPS) is 13.3. The van der Waals surface area contributed by atoms with Crippen LogP contribution < -0.4 is 0 Å². The van der Waals surface area contributed by atoms with Gasteiger partial charge in [-0.25, -0.2) is 4.98 Å². The molecule has 5 heteroatoms. The summed E-state index contributed by atoms with van der Waals surface area (Å²) in [6, 6.07) is 3.18. The number of rotatable bonds is 4. The van der Waals surface area contributed by atoms with E-state index in [0.29, 0.717) is 23.3 Å². The molecule has 2 N–H and O–H groups in total. The van der Waals surface area contributed by atoms with Crippen LogP contribution in [-0.4, -0.2) is 34.1 Å². The van der Waals surface area contributed by atoms with Gasteiger partial charge in [0, 0.05) is 0 Å². The molecule has 0 aliphatic heterocycles. The molecule has 0 radical (unpaired) electrons. The van der Waals surface area contributed by atoms with E-state index in [4.69, 9.17) is 0 Å². The first-order valence-corrected chi connectivity index (χ1v) is 5.46. The second kappa shape index (κ2) is 5.82. The van der Waals surface area contributed by atoms with Crippen LogP contribution in [0, 0.1) is 0 Å². The Hall–Kier alpha value is -0.940. The summed E-state index contributed by atoms with van der Waals surface area (Å²) in [5, 5.41) is 18.7. The predicted molar refractivity (Wildman–Crippen MR) is 62.4 cm³/mol. The number of hydrogen-bond donors (Lipinski definition) is 2. The quantitative estimate of drug-likeness (QED) is 0.648. The first kappa shape index (κ1) is 12.1. The van der Waals surface area contributed by atoms with Crippen LogP contribution >= 0.6 is 15.9 Å². The molecule has 1 aromatic heterocycles. The van der Waals surface area contributed by atoms with Gasteiger partial charge in [-0.2, -0.15) is 0 Å². The SMILES string of the molecule is CC[C@H](O)C/N=C/c1nc(Br)ccc1O. The highest BCUT2D eigenvalue weighted by Crippen LogP contribution is 2.15. The lowest BCUT2D eigenvalue weighted by atomic mass is 10.3. The smallest absolute Gasteiger partial charge is 0.142 e. The van der Waals surface area contributed by atoms with Gasteiger partial charge < -0.3 is 10.2 Å². The molecule has 0 aromatic carbocycles. The van der Waals surface area contributed by atoms with Crippen molar-refractivity contribution < 1.29 is 10.2 Å². The number of halogens is 1. The van der Waals surface area contributed by atoms with Crippen LogP contribution in [0.5, 0.6) is 5.75 Å². The molecule has 82 valence electrons. The molecule has 1 aromatic rings. The van der Waals surface area contributed by atoms with Crippen molar-refractivity contribution in [2.24, 2.45) is 4.99 Å². The Morgan fingerprint density at radius 1 is 1.60 bits per heavy atom. The molecule has 1 atom stereocenters. The van der Waals surface area contributed by atoms with E-state index in [0.717, 1.165) is 0 Å². The van der Waals surface area contributed by atoms with Gasteiger partial charge in [0.15, 0.2) is 0 Å². The average Bonchev–Trinajstić information content (AvgIpc) is 2.23. The fourth-order valence-corrected chi connectivity index (χ4v) is 1.25. The molecule has 0 aliphatic rings. The van der Waals surface area contributed by atoms with Gasteiger partial charge in [-0.15, -0.1) is 0 Å². The summed E-state index contributed by atoms with van der Waals surface area (Å²) < 4.78 is 0.637. The van der Waals surface area contributed by atoms with E-state index in [-0.39, 0.29) is 5.75 Å². The molecule has 0 bridgehead atoms. The first-order chi connectivity index (χ1) is 7.13. The van der Waals surface area contributed by atoms with Crippen molar-refractivity contribution in [3.05, 3.63) is 22.4 Å². The minimum atomic E-state index is -0.435. The number of nitrogens with zero attached hydrogens (tertiary/aromatic N) is 2. The van der Waals surface area contributed by atoms with Crippen LogP contribution in [0.4, 0.5) is 0 Å². The second-order valence-corrected chi connectivity index (χ2v) is 3.91. The van der Waals surface area contributed by atoms with Crippen molar-refractivity contribution in [1.82, 2.24) is 4.98 Å². The van der Waals surface area contributed by atoms with E-state index in [9.17, 15) is 10.2 Å². The number of aromatic nitrogens is 1. The van der Waals surface area contributed by atoms with Gasteiger partial charge in [0.05, 0.1) is 18.9 Å². The lowest BCUT2D eigenvalue weighted by molar-refractivity contribution is 0.179. The zero-order valence-electron chi connectivity index (χ0n) is 8.39. The Labute approximate surface area is 96.8 Å². The third-order valence-electron chi connectivity index (χ3n) is 1.87. The van der Waals surface area contributed by atoms with Crippen LogP contribution in [0.15, 0.2) is 21.7 Å². The van der Waals surface area contributed by atoms with Crippen molar-refractivity contribution in [2.75, 3.05) is 6.54 Å². The number of aliphatic imine (C=N–C) groups is 1. The number of hydrogen-bond acceptors (Lipinski definition) is 4. The summed E-state index contributed by atoms with van der Waals surface area (Å²) in [4.78, 5) is 8.03. The Bertz CT molecular complexity index is 355. The summed E-state index contributed by atoms with van der Waals surface area (Å²) in [6.07, 6.45) is 1.68. The summed E-state index contributed by atoms with van der Waals surface area (Å²) in [5.41, 5.74) is 0.396. The molecule has 0 spiro atoms. The maximum absolute atomic E-state index is 9.42. The summed E-state index contributed by atoms with van der Waals surface area (Å²) in [7, 11) is 0. The minimum Gasteiger partial charge on any atom is -0.506 e. The first-order valence-electron chi connectivity index (χ1n) is 4.67. The number of aliphatic hydroxyl groups is 1. The fraction of sp³-hybridized carbons (Fsp3) is 0.400. The highest BCUT2D eigenvalue weighted by atomic mass is 79.9. The predicted octanol–water partition coefficient (Wildman–Crippen LogP) is 1.74. The van der Waals surface area contributed by atoms with E-state index < -0.39 is 6.10 Å². The highest BCUT2D eigenvalue weighted by Gasteiger charge is 2.01. The van der Waals surface area contributed by atoms with Gasteiger partial charge in [-0.05, 0) is 34.5 Å². The van der Waals surface area contributed by atoms with Gasteiger partial charge >= 0.3 is 0 Å². The molecule has 0 saturated carbocycles. The average molecular weight is 273 g/mol. The second-order valence-electron chi connectivity index (χ2n) is 3.09. The fourth-order valence-electron chi connectivity index (χ4n) is 0.928. The number of aliphatic hydroxyl groups excluding tert-OH is 1. The Morgan fingerprint density at radius 2 is 2.33 bits per heavy atom. The molecule has 0 unspecified atom stereocenters. The topological polar surface area (TPSA) is 65.7 Å². The highest BCUT2D eigenvalue weighted by molar-refractivity contribution is 9.10. The molecule has 0 fully saturated rings. The molecule has 0 aliphatic carbocycles. The van der Waals surface area contributed by atoms with E-state index in [1.165, 1.54) is 12.3 Å². The number of pyridine rings is 1. The van der Waals surface area contributed by atoms with Crippen molar-refractivity contribution in [1.29, 1.82) is 0 Å². The standard InChI is InChI=1S/C10H13BrN2O2/c1-2-7(14)5-12-6-8-9(15)3-4-10(11)13-8/h3-4,6-7,14-15H,2,5H2,1H3/b12-6+/t7-/m0/s1. The van der Waals surface area contributed by atoms with Crippen molar-refractivity contribution >= 4 is 22.1 Å². The molecule has 0 saturated heterocycles. The van der Waals surface area contributed by atoms with Gasteiger partial charge in [0.1, 0.15) is 16.0 Å². The Kier molecular flexibility index (Phi) is 4.71. The zero-order chi connectivity index (χ0) is 11.3. The van der Waals surface area contributed by atoms with Crippen LogP contribution in [0.25, 0.3) is 0 Å². The Morgan fingerprint density at radius 3 is 3.00 bits per heavy atom. The Balaban J connectivity index is 2.67. The van der Waals surface area contributed by atoms with E-state index in [1.807, 2.05) is 6.92 Å². The van der Waals surface area contributed by atoms with Gasteiger partial charge in [0.25, 0.3) is 0 Å². The molecule has 15 heavy (non-hydrogen) atoms. The molecule has 0 amide bonds. The van der Waals surface area contributed by atoms with Crippen LogP contribution in [0.2, 0.25) is 0 Å². The van der Waals surface area contributed by atoms with Crippen molar-refractivity contribution in [3.63, 3.8) is 0 Å². The maximum Gasteiger partial charge on any atom is 0.142 e. The summed E-state index contributed by atoms with van der Waals surface area (Å²) >= 11 is 3.20. The summed E-state index contributed by atoms with van der Waals surface area (Å²) in [6.45, 7) is 2.21. The zero-order valence-corrected chi connectivity index (χ0v) is 9.98. The molecule has 1 rings (SSSR count). The van der Waals surface area contributed by atoms with Crippen LogP contribution in [0.3, 0.4) is 0 Å². The van der Waals surface area contributed by atoms with E-state index in [2.05, 4.69) is 25.9 Å². The van der Waals surface area contributed by atoms with Crippen molar-refractivity contribution in [3.8, 4) is 5.75 Å². The number of aromatic hydroxyl groups is 1. The summed E-state index contributed by atoms with van der Waals surface area (Å²) in [5.74, 6) is 0.0768. The third-order valence-corrected chi connectivity index (χ3v) is 2.31. The van der Waals surface area contributed by atoms with Gasteiger partial charge in [-0.3, -0.25) is 4.99 Å². The van der Waals surface area contributed by atoms with E-state index in [1.54, 1.807) is 6.07 Å². The molecular formula is C10H13BrN2O2. The molecular weight excluding hydrogens is 260 g/mol. The largest absolute Gasteiger partial charge is 0.506 e. The van der Waals surface area contributed by atoms with Crippen molar-refractivity contribution in [2.45, 2.75) is 19.4 Å². The monoisotopic (exact) mass is 272 g/mol. The van der Waals surface area contributed by atoms with Crippen LogP contribution in [-0.2, 0) is 0 Å². The minimum absolute atomic E-state index is 0.0768. The molecule has 4 nitrogen and oxygen atoms in total. The molecule has 1 heterocycles. The maximum atomic E-state index is 9.42.